The van der Waals surface area contributed by atoms with Gasteiger partial charge in [-0.05, 0) is 11.4 Å². The van der Waals surface area contributed by atoms with E-state index in [1.54, 1.807) is 11.4 Å². The van der Waals surface area contributed by atoms with Gasteiger partial charge in [-0.15, -0.1) is 11.3 Å². The molecule has 2 aromatic rings. The second-order valence-corrected chi connectivity index (χ2v) is 5.10. The number of hydrogen-bond acceptors (Lipinski definition) is 2. The van der Waals surface area contributed by atoms with Gasteiger partial charge in [0.2, 0.25) is 0 Å². The highest BCUT2D eigenvalue weighted by molar-refractivity contribution is 7.10. The van der Waals surface area contributed by atoms with E-state index in [1.165, 1.54) is 11.3 Å². The maximum atomic E-state index is 13.4. The van der Waals surface area contributed by atoms with Gasteiger partial charge in [0, 0.05) is 23.4 Å². The van der Waals surface area contributed by atoms with Crippen LogP contribution in [0.2, 0.25) is 5.02 Å². The Kier molecular flexibility index (Phi) is 3.94. The zero-order valence-corrected chi connectivity index (χ0v) is 10.5. The normalized spacial score (nSPS) is 12.7. The number of thiophene rings is 1. The number of rotatable bonds is 3. The van der Waals surface area contributed by atoms with Gasteiger partial charge in [0.25, 0.3) is 0 Å². The van der Waals surface area contributed by atoms with Crippen molar-refractivity contribution in [3.8, 4) is 0 Å². The van der Waals surface area contributed by atoms with Gasteiger partial charge < -0.3 is 5.11 Å². The third-order valence-corrected chi connectivity index (χ3v) is 3.86. The molecule has 1 aromatic heterocycles. The molecule has 2 rings (SSSR count). The number of halogens is 4. The Morgan fingerprint density at radius 3 is 2.33 bits per heavy atom. The standard InChI is InChI=1S/C12H8ClF3OS/c13-7-1-2-18-11(7)5-10(17)12-8(15)3-6(14)4-9(12)16/h1-4,10,17H,5H2. The highest BCUT2D eigenvalue weighted by Crippen LogP contribution is 2.30. The van der Waals surface area contributed by atoms with E-state index in [1.807, 2.05) is 0 Å². The van der Waals surface area contributed by atoms with E-state index in [0.717, 1.165) is 0 Å². The van der Waals surface area contributed by atoms with E-state index in [4.69, 9.17) is 11.6 Å². The first-order valence-electron chi connectivity index (χ1n) is 5.03. The van der Waals surface area contributed by atoms with Crippen LogP contribution in [0.4, 0.5) is 13.2 Å². The number of aliphatic hydroxyl groups is 1. The molecule has 1 N–H and O–H groups in total. The summed E-state index contributed by atoms with van der Waals surface area (Å²) in [6.45, 7) is 0. The molecular weight excluding hydrogens is 285 g/mol. The van der Waals surface area contributed by atoms with Crippen molar-refractivity contribution in [2.24, 2.45) is 0 Å². The Bertz CT molecular complexity index is 547. The second-order valence-electron chi connectivity index (χ2n) is 3.69. The largest absolute Gasteiger partial charge is 0.388 e. The van der Waals surface area contributed by atoms with Gasteiger partial charge in [-0.1, -0.05) is 11.6 Å². The Labute approximate surface area is 110 Å². The first-order chi connectivity index (χ1) is 8.49. The van der Waals surface area contributed by atoms with Crippen molar-refractivity contribution in [3.63, 3.8) is 0 Å². The molecule has 0 saturated heterocycles. The van der Waals surface area contributed by atoms with Crippen molar-refractivity contribution in [2.75, 3.05) is 0 Å². The van der Waals surface area contributed by atoms with Crippen molar-refractivity contribution in [3.05, 3.63) is 56.5 Å². The Morgan fingerprint density at radius 2 is 1.83 bits per heavy atom. The number of benzene rings is 1. The monoisotopic (exact) mass is 292 g/mol. The van der Waals surface area contributed by atoms with E-state index >= 15 is 0 Å². The van der Waals surface area contributed by atoms with Crippen LogP contribution in [0.5, 0.6) is 0 Å². The number of aliphatic hydroxyl groups excluding tert-OH is 1. The molecule has 0 radical (unpaired) electrons. The Hall–Kier alpha value is -1.04. The molecule has 0 aliphatic heterocycles. The summed E-state index contributed by atoms with van der Waals surface area (Å²) >= 11 is 7.10. The van der Waals surface area contributed by atoms with E-state index in [0.29, 0.717) is 22.0 Å². The molecule has 0 aliphatic rings. The first-order valence-corrected chi connectivity index (χ1v) is 6.29. The lowest BCUT2D eigenvalue weighted by Gasteiger charge is -2.12. The third-order valence-electron chi connectivity index (χ3n) is 2.45. The zero-order chi connectivity index (χ0) is 13.3. The summed E-state index contributed by atoms with van der Waals surface area (Å²) in [7, 11) is 0. The molecular formula is C12H8ClF3OS. The van der Waals surface area contributed by atoms with Gasteiger partial charge in [0.1, 0.15) is 17.5 Å². The molecule has 0 saturated carbocycles. The van der Waals surface area contributed by atoms with Crippen LogP contribution in [0.25, 0.3) is 0 Å². The second kappa shape index (κ2) is 5.30. The smallest absolute Gasteiger partial charge is 0.134 e. The third kappa shape index (κ3) is 2.68. The summed E-state index contributed by atoms with van der Waals surface area (Å²) in [5.74, 6) is -3.23. The zero-order valence-electron chi connectivity index (χ0n) is 8.96. The highest BCUT2D eigenvalue weighted by Gasteiger charge is 2.21. The summed E-state index contributed by atoms with van der Waals surface area (Å²) in [5, 5.41) is 12.0. The van der Waals surface area contributed by atoms with Crippen LogP contribution in [0.1, 0.15) is 16.5 Å². The van der Waals surface area contributed by atoms with E-state index in [2.05, 4.69) is 0 Å². The number of hydrogen-bond donors (Lipinski definition) is 1. The quantitative estimate of drug-likeness (QED) is 0.903. The molecule has 0 fully saturated rings. The summed E-state index contributed by atoms with van der Waals surface area (Å²) < 4.78 is 39.6. The van der Waals surface area contributed by atoms with Crippen molar-refractivity contribution in [2.45, 2.75) is 12.5 Å². The minimum atomic E-state index is -1.40. The molecule has 0 aliphatic carbocycles. The molecule has 1 aromatic carbocycles. The molecule has 1 unspecified atom stereocenters. The fraction of sp³-hybridized carbons (Fsp3) is 0.167. The minimum absolute atomic E-state index is 0.0179. The van der Waals surface area contributed by atoms with Crippen LogP contribution in [-0.2, 0) is 6.42 Å². The average Bonchev–Trinajstić information content (AvgIpc) is 2.62. The Morgan fingerprint density at radius 1 is 1.22 bits per heavy atom. The fourth-order valence-corrected chi connectivity index (χ4v) is 2.77. The van der Waals surface area contributed by atoms with Gasteiger partial charge in [0.05, 0.1) is 16.7 Å². The molecule has 1 atom stereocenters. The van der Waals surface area contributed by atoms with Gasteiger partial charge >= 0.3 is 0 Å². The molecule has 0 amide bonds. The van der Waals surface area contributed by atoms with Crippen LogP contribution in [0.15, 0.2) is 23.6 Å². The van der Waals surface area contributed by atoms with Gasteiger partial charge in [0.15, 0.2) is 0 Å². The van der Waals surface area contributed by atoms with Crippen molar-refractivity contribution < 1.29 is 18.3 Å². The van der Waals surface area contributed by atoms with Gasteiger partial charge in [-0.25, -0.2) is 13.2 Å². The van der Waals surface area contributed by atoms with E-state index in [9.17, 15) is 18.3 Å². The summed E-state index contributed by atoms with van der Waals surface area (Å²) in [4.78, 5) is 0.618. The fourth-order valence-electron chi connectivity index (χ4n) is 1.62. The van der Waals surface area contributed by atoms with Crippen LogP contribution >= 0.6 is 22.9 Å². The topological polar surface area (TPSA) is 20.2 Å². The molecule has 18 heavy (non-hydrogen) atoms. The maximum Gasteiger partial charge on any atom is 0.134 e. The lowest BCUT2D eigenvalue weighted by molar-refractivity contribution is 0.169. The predicted molar refractivity (Wildman–Crippen MR) is 64.3 cm³/mol. The van der Waals surface area contributed by atoms with Crippen molar-refractivity contribution >= 4 is 22.9 Å². The van der Waals surface area contributed by atoms with Crippen molar-refractivity contribution in [1.29, 1.82) is 0 Å². The van der Waals surface area contributed by atoms with Crippen LogP contribution in [0.3, 0.4) is 0 Å². The Balaban J connectivity index is 2.29. The predicted octanol–water partition coefficient (Wildman–Crippen LogP) is 4.09. The lowest BCUT2D eigenvalue weighted by Crippen LogP contribution is -2.07. The molecule has 96 valence electrons. The first kappa shape index (κ1) is 13.4. The van der Waals surface area contributed by atoms with Crippen LogP contribution in [-0.4, -0.2) is 5.11 Å². The van der Waals surface area contributed by atoms with Gasteiger partial charge in [-0.2, -0.15) is 0 Å². The van der Waals surface area contributed by atoms with Crippen LogP contribution in [0, 0.1) is 17.5 Å². The van der Waals surface area contributed by atoms with Crippen molar-refractivity contribution in [1.82, 2.24) is 0 Å². The molecule has 1 nitrogen and oxygen atoms in total. The SMILES string of the molecule is OC(Cc1sccc1Cl)c1c(F)cc(F)cc1F. The summed E-state index contributed by atoms with van der Waals surface area (Å²) in [6.07, 6.45) is -1.42. The summed E-state index contributed by atoms with van der Waals surface area (Å²) in [5.41, 5.74) is -0.541. The average molecular weight is 293 g/mol. The minimum Gasteiger partial charge on any atom is -0.388 e. The molecule has 0 bridgehead atoms. The lowest BCUT2D eigenvalue weighted by atomic mass is 10.0. The summed E-state index contributed by atoms with van der Waals surface area (Å²) in [6, 6.07) is 2.71. The maximum absolute atomic E-state index is 13.4. The van der Waals surface area contributed by atoms with E-state index < -0.39 is 29.1 Å². The molecule has 6 heteroatoms. The van der Waals surface area contributed by atoms with E-state index in [-0.39, 0.29) is 6.42 Å². The molecule has 0 spiro atoms. The van der Waals surface area contributed by atoms with Crippen LogP contribution < -0.4 is 0 Å². The highest BCUT2D eigenvalue weighted by atomic mass is 35.5. The molecule has 1 heterocycles. The van der Waals surface area contributed by atoms with Gasteiger partial charge in [-0.3, -0.25) is 0 Å².